The summed E-state index contributed by atoms with van der Waals surface area (Å²) in [5.41, 5.74) is 5.55. The zero-order valence-electron chi connectivity index (χ0n) is 9.05. The van der Waals surface area contributed by atoms with Gasteiger partial charge in [0.2, 0.25) is 5.91 Å². The fourth-order valence-corrected chi connectivity index (χ4v) is 3.36. The minimum atomic E-state index is -0.262. The van der Waals surface area contributed by atoms with E-state index in [2.05, 4.69) is 0 Å². The Morgan fingerprint density at radius 1 is 1.56 bits per heavy atom. The predicted molar refractivity (Wildman–Crippen MR) is 68.5 cm³/mol. The Kier molecular flexibility index (Phi) is 4.05. The van der Waals surface area contributed by atoms with Crippen LogP contribution >= 0.6 is 24.0 Å². The first-order chi connectivity index (χ1) is 7.68. The topological polar surface area (TPSA) is 55.6 Å². The van der Waals surface area contributed by atoms with Gasteiger partial charge in [-0.3, -0.25) is 4.79 Å². The van der Waals surface area contributed by atoms with E-state index in [-0.39, 0.29) is 17.9 Å². The van der Waals surface area contributed by atoms with Gasteiger partial charge < -0.3 is 15.4 Å². The van der Waals surface area contributed by atoms with Crippen molar-refractivity contribution in [2.24, 2.45) is 11.7 Å². The molecule has 2 unspecified atom stereocenters. The number of carbonyl (C=O) groups is 1. The van der Waals surface area contributed by atoms with E-state index in [0.29, 0.717) is 24.7 Å². The molecule has 0 radical (unpaired) electrons. The summed E-state index contributed by atoms with van der Waals surface area (Å²) in [7, 11) is 0. The average molecular weight is 260 g/mol. The van der Waals surface area contributed by atoms with Crippen LogP contribution in [0.5, 0.6) is 0 Å². The summed E-state index contributed by atoms with van der Waals surface area (Å²) in [5.74, 6) is 2.48. The van der Waals surface area contributed by atoms with Crippen molar-refractivity contribution >= 4 is 34.9 Å². The molecule has 2 rings (SSSR count). The number of hydrogen-bond acceptors (Lipinski definition) is 4. The number of carbonyl (C=O) groups excluding carboxylic acids is 1. The van der Waals surface area contributed by atoms with Gasteiger partial charge in [0.15, 0.2) is 0 Å². The Balaban J connectivity index is 1.93. The standard InChI is InChI=1S/C10H16N2O2S2/c11-9(15)8-5-12(2-3-14-8)10(13)7-1-4-16-6-7/h7-8H,1-6H2,(H2,11,15). The van der Waals surface area contributed by atoms with Crippen molar-refractivity contribution in [2.45, 2.75) is 12.5 Å². The van der Waals surface area contributed by atoms with Gasteiger partial charge in [-0.1, -0.05) is 12.2 Å². The van der Waals surface area contributed by atoms with Crippen molar-refractivity contribution in [3.8, 4) is 0 Å². The molecule has 0 aliphatic carbocycles. The fraction of sp³-hybridized carbons (Fsp3) is 0.800. The van der Waals surface area contributed by atoms with Crippen LogP contribution in [-0.2, 0) is 9.53 Å². The molecule has 4 nitrogen and oxygen atoms in total. The summed E-state index contributed by atoms with van der Waals surface area (Å²) < 4.78 is 5.42. The van der Waals surface area contributed by atoms with E-state index in [4.69, 9.17) is 22.7 Å². The van der Waals surface area contributed by atoms with Crippen molar-refractivity contribution in [3.05, 3.63) is 0 Å². The lowest BCUT2D eigenvalue weighted by atomic mass is 10.1. The summed E-state index contributed by atoms with van der Waals surface area (Å²) in [5, 5.41) is 0. The lowest BCUT2D eigenvalue weighted by molar-refractivity contribution is -0.140. The molecule has 2 aliphatic heterocycles. The molecule has 6 heteroatoms. The third-order valence-corrected chi connectivity index (χ3v) is 4.40. The van der Waals surface area contributed by atoms with Crippen LogP contribution in [0.1, 0.15) is 6.42 Å². The van der Waals surface area contributed by atoms with Crippen molar-refractivity contribution in [2.75, 3.05) is 31.2 Å². The largest absolute Gasteiger partial charge is 0.391 e. The molecule has 2 saturated heterocycles. The third-order valence-electron chi connectivity index (χ3n) is 2.97. The lowest BCUT2D eigenvalue weighted by Gasteiger charge is -2.33. The van der Waals surface area contributed by atoms with Gasteiger partial charge in [-0.2, -0.15) is 11.8 Å². The molecule has 2 heterocycles. The van der Waals surface area contributed by atoms with Gasteiger partial charge in [-0.05, 0) is 12.2 Å². The maximum Gasteiger partial charge on any atom is 0.226 e. The molecule has 90 valence electrons. The van der Waals surface area contributed by atoms with Gasteiger partial charge in [-0.15, -0.1) is 0 Å². The third kappa shape index (κ3) is 2.67. The second kappa shape index (κ2) is 5.33. The molecule has 0 saturated carbocycles. The molecule has 16 heavy (non-hydrogen) atoms. The Morgan fingerprint density at radius 3 is 3.00 bits per heavy atom. The van der Waals surface area contributed by atoms with Gasteiger partial charge in [0.05, 0.1) is 13.2 Å². The molecule has 0 bridgehead atoms. The summed E-state index contributed by atoms with van der Waals surface area (Å²) in [4.78, 5) is 14.3. The van der Waals surface area contributed by atoms with Gasteiger partial charge in [-0.25, -0.2) is 0 Å². The number of morpholine rings is 1. The Morgan fingerprint density at radius 2 is 2.38 bits per heavy atom. The first kappa shape index (κ1) is 12.1. The van der Waals surface area contributed by atoms with Gasteiger partial charge >= 0.3 is 0 Å². The molecular weight excluding hydrogens is 244 g/mol. The fourth-order valence-electron chi connectivity index (χ4n) is 2.01. The zero-order valence-corrected chi connectivity index (χ0v) is 10.7. The molecule has 2 N–H and O–H groups in total. The highest BCUT2D eigenvalue weighted by Crippen LogP contribution is 2.25. The molecule has 0 spiro atoms. The Labute approximate surface area is 105 Å². The average Bonchev–Trinajstić information content (AvgIpc) is 2.81. The van der Waals surface area contributed by atoms with Crippen molar-refractivity contribution in [1.29, 1.82) is 0 Å². The van der Waals surface area contributed by atoms with E-state index in [1.165, 1.54) is 0 Å². The van der Waals surface area contributed by atoms with E-state index in [9.17, 15) is 4.79 Å². The van der Waals surface area contributed by atoms with E-state index in [0.717, 1.165) is 17.9 Å². The molecule has 2 aliphatic rings. The van der Waals surface area contributed by atoms with E-state index < -0.39 is 0 Å². The number of nitrogens with zero attached hydrogens (tertiary/aromatic N) is 1. The van der Waals surface area contributed by atoms with Crippen LogP contribution in [0.2, 0.25) is 0 Å². The van der Waals surface area contributed by atoms with Crippen LogP contribution in [0.25, 0.3) is 0 Å². The van der Waals surface area contributed by atoms with Crippen LogP contribution in [-0.4, -0.2) is 53.1 Å². The van der Waals surface area contributed by atoms with E-state index in [1.807, 2.05) is 16.7 Å². The van der Waals surface area contributed by atoms with Crippen LogP contribution in [0.3, 0.4) is 0 Å². The summed E-state index contributed by atoms with van der Waals surface area (Å²) in [6.07, 6.45) is 0.736. The minimum Gasteiger partial charge on any atom is -0.391 e. The maximum atomic E-state index is 12.1. The number of thioether (sulfide) groups is 1. The predicted octanol–water partition coefficient (Wildman–Crippen LogP) is 0.253. The molecule has 0 aromatic rings. The molecule has 0 aromatic heterocycles. The monoisotopic (exact) mass is 260 g/mol. The molecular formula is C10H16N2O2S2. The summed E-state index contributed by atoms with van der Waals surface area (Å²) in [6, 6.07) is 0. The number of ether oxygens (including phenoxy) is 1. The second-order valence-corrected chi connectivity index (χ2v) is 5.73. The highest BCUT2D eigenvalue weighted by molar-refractivity contribution is 7.99. The van der Waals surface area contributed by atoms with Crippen molar-refractivity contribution in [3.63, 3.8) is 0 Å². The molecule has 2 fully saturated rings. The highest BCUT2D eigenvalue weighted by atomic mass is 32.2. The first-order valence-electron chi connectivity index (χ1n) is 5.46. The quantitative estimate of drug-likeness (QED) is 0.722. The smallest absolute Gasteiger partial charge is 0.226 e. The summed E-state index contributed by atoms with van der Waals surface area (Å²) >= 11 is 6.75. The highest BCUT2D eigenvalue weighted by Gasteiger charge is 2.31. The molecule has 0 aromatic carbocycles. The minimum absolute atomic E-state index is 0.190. The van der Waals surface area contributed by atoms with Gasteiger partial charge in [0.25, 0.3) is 0 Å². The van der Waals surface area contributed by atoms with Crippen molar-refractivity contribution in [1.82, 2.24) is 4.90 Å². The van der Waals surface area contributed by atoms with E-state index >= 15 is 0 Å². The van der Waals surface area contributed by atoms with Crippen LogP contribution in [0, 0.1) is 5.92 Å². The van der Waals surface area contributed by atoms with Crippen LogP contribution < -0.4 is 5.73 Å². The summed E-state index contributed by atoms with van der Waals surface area (Å²) in [6.45, 7) is 1.72. The maximum absolute atomic E-state index is 12.1. The SMILES string of the molecule is NC(=S)C1CN(C(=O)C2CCSC2)CCO1. The van der Waals surface area contributed by atoms with Crippen LogP contribution in [0.15, 0.2) is 0 Å². The number of rotatable bonds is 2. The number of hydrogen-bond donors (Lipinski definition) is 1. The Hall–Kier alpha value is -0.330. The van der Waals surface area contributed by atoms with Crippen LogP contribution in [0.4, 0.5) is 0 Å². The number of amides is 1. The zero-order chi connectivity index (χ0) is 11.5. The van der Waals surface area contributed by atoms with Gasteiger partial charge in [0.1, 0.15) is 11.1 Å². The number of nitrogens with two attached hydrogens (primary N) is 1. The van der Waals surface area contributed by atoms with Crippen molar-refractivity contribution < 1.29 is 9.53 Å². The second-order valence-electron chi connectivity index (χ2n) is 4.11. The van der Waals surface area contributed by atoms with E-state index in [1.54, 1.807) is 0 Å². The Bertz CT molecular complexity index is 293. The normalized spacial score (nSPS) is 30.4. The first-order valence-corrected chi connectivity index (χ1v) is 7.02. The number of thiocarbonyl (C=S) groups is 1. The van der Waals surface area contributed by atoms with Gasteiger partial charge in [0, 0.05) is 18.2 Å². The molecule has 1 amide bonds. The lowest BCUT2D eigenvalue weighted by Crippen LogP contribution is -2.51. The molecule has 2 atom stereocenters.